The van der Waals surface area contributed by atoms with Crippen molar-refractivity contribution in [1.82, 2.24) is 10.6 Å². The number of carbonyl (C=O) groups is 2. The number of ether oxygens (including phenoxy) is 1. The molecule has 7 nitrogen and oxygen atoms in total. The average Bonchev–Trinajstić information content (AvgIpc) is 2.32. The molecular formula is C11H22N2O5S. The monoisotopic (exact) mass is 294 g/mol. The summed E-state index contributed by atoms with van der Waals surface area (Å²) in [7, 11) is -0.995. The van der Waals surface area contributed by atoms with Gasteiger partial charge in [0, 0.05) is 42.0 Å². The van der Waals surface area contributed by atoms with Crippen molar-refractivity contribution in [2.24, 2.45) is 0 Å². The number of aliphatic carboxylic acids is 1. The fourth-order valence-corrected chi connectivity index (χ4v) is 1.56. The van der Waals surface area contributed by atoms with Gasteiger partial charge < -0.3 is 20.5 Å². The maximum absolute atomic E-state index is 11.4. The van der Waals surface area contributed by atoms with Gasteiger partial charge in [0.15, 0.2) is 0 Å². The van der Waals surface area contributed by atoms with Crippen molar-refractivity contribution >= 4 is 22.8 Å². The van der Waals surface area contributed by atoms with Gasteiger partial charge in [-0.1, -0.05) is 0 Å². The Balaban J connectivity index is 3.97. The predicted octanol–water partition coefficient (Wildman–Crippen LogP) is -0.0676. The molecule has 0 aromatic rings. The number of hydrogen-bond acceptors (Lipinski definition) is 4. The van der Waals surface area contributed by atoms with E-state index in [1.807, 2.05) is 0 Å². The molecule has 0 spiro atoms. The minimum absolute atomic E-state index is 0.121. The van der Waals surface area contributed by atoms with Gasteiger partial charge in [-0.3, -0.25) is 9.00 Å². The van der Waals surface area contributed by atoms with E-state index in [-0.39, 0.29) is 18.2 Å². The minimum atomic E-state index is -0.995. The molecule has 0 saturated carbocycles. The Hall–Kier alpha value is -1.15. The Kier molecular flexibility index (Phi) is 9.15. The minimum Gasteiger partial charge on any atom is -0.481 e. The molecule has 0 radical (unpaired) electrons. The van der Waals surface area contributed by atoms with Gasteiger partial charge in [-0.05, 0) is 13.8 Å². The Morgan fingerprint density at radius 1 is 1.32 bits per heavy atom. The maximum atomic E-state index is 11.4. The molecule has 0 bridgehead atoms. The van der Waals surface area contributed by atoms with Crippen molar-refractivity contribution < 1.29 is 23.6 Å². The summed E-state index contributed by atoms with van der Waals surface area (Å²) in [5.74, 6) is -0.976. The van der Waals surface area contributed by atoms with Gasteiger partial charge in [-0.25, -0.2) is 4.79 Å². The lowest BCUT2D eigenvalue weighted by Gasteiger charge is -2.16. The van der Waals surface area contributed by atoms with Crippen LogP contribution in [0.25, 0.3) is 0 Å². The van der Waals surface area contributed by atoms with Gasteiger partial charge in [0.2, 0.25) is 0 Å². The highest BCUT2D eigenvalue weighted by Gasteiger charge is 2.15. The second-order valence-electron chi connectivity index (χ2n) is 4.08. The lowest BCUT2D eigenvalue weighted by atomic mass is 10.2. The molecule has 8 heteroatoms. The summed E-state index contributed by atoms with van der Waals surface area (Å²) in [6, 6.07) is -0.424. The highest BCUT2D eigenvalue weighted by atomic mass is 32.2. The predicted molar refractivity (Wildman–Crippen MR) is 72.6 cm³/mol. The Labute approximate surface area is 115 Å². The number of carboxylic acid groups (broad SMARTS) is 1. The average molecular weight is 294 g/mol. The molecule has 0 aliphatic rings. The van der Waals surface area contributed by atoms with Crippen LogP contribution in [0.5, 0.6) is 0 Å². The van der Waals surface area contributed by atoms with Gasteiger partial charge in [0.25, 0.3) is 0 Å². The molecule has 112 valence electrons. The summed E-state index contributed by atoms with van der Waals surface area (Å²) in [5.41, 5.74) is 0. The number of nitrogens with one attached hydrogen (secondary N) is 2. The van der Waals surface area contributed by atoms with Crippen LogP contribution >= 0.6 is 0 Å². The zero-order valence-electron chi connectivity index (χ0n) is 11.5. The molecule has 0 aliphatic carbocycles. The molecule has 0 aromatic heterocycles. The molecule has 0 rings (SSSR count). The SMILES string of the molecule is CCOC(CNC(=O)NCC(C)S(C)=O)CC(=O)O. The number of amides is 2. The van der Waals surface area contributed by atoms with E-state index in [9.17, 15) is 13.8 Å². The maximum Gasteiger partial charge on any atom is 0.314 e. The summed E-state index contributed by atoms with van der Waals surface area (Å²) >= 11 is 0. The molecule has 3 atom stereocenters. The van der Waals surface area contributed by atoms with Crippen LogP contribution in [0.2, 0.25) is 0 Å². The van der Waals surface area contributed by atoms with Crippen LogP contribution in [-0.2, 0) is 20.3 Å². The highest BCUT2D eigenvalue weighted by Crippen LogP contribution is 1.97. The van der Waals surface area contributed by atoms with Crippen molar-refractivity contribution in [3.8, 4) is 0 Å². The number of urea groups is 1. The van der Waals surface area contributed by atoms with E-state index < -0.39 is 28.9 Å². The van der Waals surface area contributed by atoms with Crippen LogP contribution in [0.4, 0.5) is 4.79 Å². The number of carboxylic acids is 1. The molecule has 19 heavy (non-hydrogen) atoms. The van der Waals surface area contributed by atoms with Crippen molar-refractivity contribution in [3.05, 3.63) is 0 Å². The van der Waals surface area contributed by atoms with Gasteiger partial charge >= 0.3 is 12.0 Å². The normalized spacial score (nSPS) is 15.3. The molecule has 0 fully saturated rings. The summed E-state index contributed by atoms with van der Waals surface area (Å²) in [5, 5.41) is 13.6. The fourth-order valence-electron chi connectivity index (χ4n) is 1.24. The summed E-state index contributed by atoms with van der Waals surface area (Å²) in [6.45, 7) is 4.33. The Bertz CT molecular complexity index is 324. The molecular weight excluding hydrogens is 272 g/mol. The smallest absolute Gasteiger partial charge is 0.314 e. The van der Waals surface area contributed by atoms with E-state index in [0.717, 1.165) is 0 Å². The lowest BCUT2D eigenvalue weighted by Crippen LogP contribution is -2.43. The van der Waals surface area contributed by atoms with Crippen molar-refractivity contribution in [1.29, 1.82) is 0 Å². The number of carbonyl (C=O) groups excluding carboxylic acids is 1. The molecule has 2 amide bonds. The van der Waals surface area contributed by atoms with E-state index >= 15 is 0 Å². The van der Waals surface area contributed by atoms with Gasteiger partial charge in [0.05, 0.1) is 12.5 Å². The summed E-state index contributed by atoms with van der Waals surface area (Å²) in [4.78, 5) is 22.0. The van der Waals surface area contributed by atoms with Gasteiger partial charge in [-0.2, -0.15) is 0 Å². The van der Waals surface area contributed by atoms with Crippen LogP contribution in [0, 0.1) is 0 Å². The third-order valence-electron chi connectivity index (χ3n) is 2.41. The third-order valence-corrected chi connectivity index (χ3v) is 3.71. The standard InChI is InChI=1S/C11H22N2O5S/c1-4-18-9(5-10(14)15)7-13-11(16)12-6-8(2)19(3)17/h8-9H,4-7H2,1-3H3,(H,14,15)(H2,12,13,16). The van der Waals surface area contributed by atoms with E-state index in [1.165, 1.54) is 0 Å². The van der Waals surface area contributed by atoms with Crippen LogP contribution < -0.4 is 10.6 Å². The van der Waals surface area contributed by atoms with Crippen molar-refractivity contribution in [3.63, 3.8) is 0 Å². The van der Waals surface area contributed by atoms with E-state index in [2.05, 4.69) is 10.6 Å². The Morgan fingerprint density at radius 3 is 2.37 bits per heavy atom. The first kappa shape index (κ1) is 17.8. The van der Waals surface area contributed by atoms with E-state index in [1.54, 1.807) is 20.1 Å². The Morgan fingerprint density at radius 2 is 1.89 bits per heavy atom. The topological polar surface area (TPSA) is 105 Å². The van der Waals surface area contributed by atoms with Gasteiger partial charge in [-0.15, -0.1) is 0 Å². The highest BCUT2D eigenvalue weighted by molar-refractivity contribution is 7.84. The van der Waals surface area contributed by atoms with Crippen LogP contribution in [-0.4, -0.2) is 58.6 Å². The zero-order chi connectivity index (χ0) is 14.8. The van der Waals surface area contributed by atoms with Crippen LogP contribution in [0.1, 0.15) is 20.3 Å². The first-order valence-corrected chi connectivity index (χ1v) is 7.66. The molecule has 0 aliphatic heterocycles. The van der Waals surface area contributed by atoms with Crippen LogP contribution in [0.15, 0.2) is 0 Å². The second-order valence-corrected chi connectivity index (χ2v) is 5.88. The number of hydrogen-bond donors (Lipinski definition) is 3. The van der Waals surface area contributed by atoms with Crippen LogP contribution in [0.3, 0.4) is 0 Å². The fraction of sp³-hybridized carbons (Fsp3) is 0.818. The molecule has 0 heterocycles. The molecule has 3 N–H and O–H groups in total. The second kappa shape index (κ2) is 9.74. The largest absolute Gasteiger partial charge is 0.481 e. The first-order valence-electron chi connectivity index (χ1n) is 6.04. The summed E-state index contributed by atoms with van der Waals surface area (Å²) in [6.07, 6.45) is 0.858. The molecule has 3 unspecified atom stereocenters. The number of rotatable bonds is 9. The quantitative estimate of drug-likeness (QED) is 0.552. The zero-order valence-corrected chi connectivity index (χ0v) is 12.3. The van der Waals surface area contributed by atoms with Gasteiger partial charge in [0.1, 0.15) is 0 Å². The third kappa shape index (κ3) is 9.43. The van der Waals surface area contributed by atoms with Crippen molar-refractivity contribution in [2.75, 3.05) is 26.0 Å². The molecule has 0 saturated heterocycles. The first-order chi connectivity index (χ1) is 8.86. The summed E-state index contributed by atoms with van der Waals surface area (Å²) < 4.78 is 16.3. The van der Waals surface area contributed by atoms with E-state index in [4.69, 9.17) is 9.84 Å². The van der Waals surface area contributed by atoms with Crippen molar-refractivity contribution in [2.45, 2.75) is 31.6 Å². The van der Waals surface area contributed by atoms with E-state index in [0.29, 0.717) is 13.2 Å². The molecule has 0 aromatic carbocycles. The lowest BCUT2D eigenvalue weighted by molar-refractivity contribution is -0.140.